The van der Waals surface area contributed by atoms with Crippen LogP contribution in [-0.2, 0) is 14.8 Å². The molecule has 3 aromatic rings. The number of rotatable bonds is 8. The third-order valence-corrected chi connectivity index (χ3v) is 6.20. The first-order chi connectivity index (χ1) is 14.9. The molecule has 1 N–H and O–H groups in total. The number of methoxy groups -OCH3 is 2. The molecule has 1 amide bonds. The van der Waals surface area contributed by atoms with Crippen LogP contribution >= 0.6 is 0 Å². The highest BCUT2D eigenvalue weighted by molar-refractivity contribution is 7.92. The van der Waals surface area contributed by atoms with Gasteiger partial charge in [0.1, 0.15) is 23.9 Å². The Labute approximate surface area is 180 Å². The summed E-state index contributed by atoms with van der Waals surface area (Å²) in [5, 5.41) is 2.41. The summed E-state index contributed by atoms with van der Waals surface area (Å²) in [6.45, 7) is -0.603. The Kier molecular flexibility index (Phi) is 6.76. The summed E-state index contributed by atoms with van der Waals surface area (Å²) in [6.07, 6.45) is 0. The molecular formula is C22H21FN2O5S. The van der Waals surface area contributed by atoms with Crippen LogP contribution in [0.5, 0.6) is 11.5 Å². The van der Waals surface area contributed by atoms with Crippen molar-refractivity contribution in [3.8, 4) is 11.5 Å². The van der Waals surface area contributed by atoms with Crippen LogP contribution in [0, 0.1) is 5.82 Å². The fourth-order valence-electron chi connectivity index (χ4n) is 2.89. The van der Waals surface area contributed by atoms with Crippen molar-refractivity contribution >= 4 is 27.3 Å². The molecule has 0 unspecified atom stereocenters. The number of amides is 1. The number of benzene rings is 3. The van der Waals surface area contributed by atoms with Crippen LogP contribution in [0.15, 0.2) is 77.7 Å². The van der Waals surface area contributed by atoms with E-state index < -0.39 is 28.3 Å². The number of hydrogen-bond acceptors (Lipinski definition) is 5. The molecule has 31 heavy (non-hydrogen) atoms. The van der Waals surface area contributed by atoms with E-state index >= 15 is 0 Å². The molecule has 3 rings (SSSR count). The van der Waals surface area contributed by atoms with Crippen molar-refractivity contribution in [3.05, 3.63) is 78.6 Å². The number of carbonyl (C=O) groups excluding carboxylic acids is 1. The van der Waals surface area contributed by atoms with E-state index in [1.54, 1.807) is 30.3 Å². The third kappa shape index (κ3) is 4.95. The molecule has 0 aliphatic carbocycles. The first kappa shape index (κ1) is 22.1. The fraction of sp³-hybridized carbons (Fsp3) is 0.136. The first-order valence-corrected chi connectivity index (χ1v) is 10.6. The molecular weight excluding hydrogens is 423 g/mol. The van der Waals surface area contributed by atoms with Crippen molar-refractivity contribution in [1.82, 2.24) is 0 Å². The second-order valence-electron chi connectivity index (χ2n) is 6.39. The van der Waals surface area contributed by atoms with Crippen molar-refractivity contribution < 1.29 is 27.1 Å². The summed E-state index contributed by atoms with van der Waals surface area (Å²) in [6, 6.07) is 17.9. The minimum atomic E-state index is -4.15. The minimum absolute atomic E-state index is 0.00781. The molecule has 0 aliphatic heterocycles. The molecule has 0 saturated heterocycles. The molecule has 0 bridgehead atoms. The summed E-state index contributed by atoms with van der Waals surface area (Å²) in [5.41, 5.74) is 0.0853. The van der Waals surface area contributed by atoms with Crippen LogP contribution in [-0.4, -0.2) is 35.1 Å². The number of hydrogen-bond donors (Lipinski definition) is 1. The number of anilines is 2. The second-order valence-corrected chi connectivity index (χ2v) is 8.25. The molecule has 7 nitrogen and oxygen atoms in total. The van der Waals surface area contributed by atoms with Crippen LogP contribution in [0.3, 0.4) is 0 Å². The maximum absolute atomic E-state index is 13.9. The highest BCUT2D eigenvalue weighted by Crippen LogP contribution is 2.35. The summed E-state index contributed by atoms with van der Waals surface area (Å²) < 4.78 is 52.1. The smallest absolute Gasteiger partial charge is 0.264 e. The Hall–Kier alpha value is -3.59. The highest BCUT2D eigenvalue weighted by atomic mass is 32.2. The van der Waals surface area contributed by atoms with Gasteiger partial charge in [-0.3, -0.25) is 9.10 Å². The van der Waals surface area contributed by atoms with Gasteiger partial charge in [-0.2, -0.15) is 0 Å². The third-order valence-electron chi connectivity index (χ3n) is 4.42. The quantitative estimate of drug-likeness (QED) is 0.573. The monoisotopic (exact) mass is 444 g/mol. The van der Waals surface area contributed by atoms with E-state index in [4.69, 9.17) is 9.47 Å². The Balaban J connectivity index is 2.03. The maximum Gasteiger partial charge on any atom is 0.264 e. The molecule has 0 fully saturated rings. The maximum atomic E-state index is 13.9. The summed E-state index contributed by atoms with van der Waals surface area (Å²) >= 11 is 0. The van der Waals surface area contributed by atoms with Gasteiger partial charge in [-0.1, -0.05) is 30.3 Å². The lowest BCUT2D eigenvalue weighted by molar-refractivity contribution is -0.114. The molecule has 0 aromatic heterocycles. The van der Waals surface area contributed by atoms with Gasteiger partial charge < -0.3 is 14.8 Å². The summed E-state index contributed by atoms with van der Waals surface area (Å²) in [5.74, 6) is -0.705. The van der Waals surface area contributed by atoms with E-state index in [1.807, 2.05) is 0 Å². The van der Waals surface area contributed by atoms with Crippen LogP contribution in [0.1, 0.15) is 0 Å². The van der Waals surface area contributed by atoms with E-state index in [0.29, 0.717) is 5.75 Å². The lowest BCUT2D eigenvalue weighted by Gasteiger charge is -2.26. The zero-order valence-electron chi connectivity index (χ0n) is 16.9. The van der Waals surface area contributed by atoms with E-state index in [9.17, 15) is 17.6 Å². The Morgan fingerprint density at radius 2 is 1.65 bits per heavy atom. The van der Waals surface area contributed by atoms with Gasteiger partial charge in [0, 0.05) is 6.07 Å². The number of sulfonamides is 1. The van der Waals surface area contributed by atoms with Gasteiger partial charge in [-0.15, -0.1) is 0 Å². The Bertz CT molecular complexity index is 1170. The standard InChI is InChI=1S/C22H21FN2O5S/c1-29-16-12-13-20(21(14-16)30-2)25(31(27,28)17-8-4-3-5-9-17)15-22(26)24-19-11-7-6-10-18(19)23/h3-14H,15H2,1-2H3,(H,24,26). The van der Waals surface area contributed by atoms with Crippen molar-refractivity contribution in [2.24, 2.45) is 0 Å². The average molecular weight is 444 g/mol. The van der Waals surface area contributed by atoms with Gasteiger partial charge in [0.15, 0.2) is 0 Å². The molecule has 0 atom stereocenters. The van der Waals surface area contributed by atoms with Gasteiger partial charge >= 0.3 is 0 Å². The van der Waals surface area contributed by atoms with Crippen molar-refractivity contribution in [2.75, 3.05) is 30.4 Å². The minimum Gasteiger partial charge on any atom is -0.497 e. The summed E-state index contributed by atoms with van der Waals surface area (Å²) in [7, 11) is -1.30. The normalized spacial score (nSPS) is 10.9. The van der Waals surface area contributed by atoms with Crippen LogP contribution in [0.4, 0.5) is 15.8 Å². The molecule has 0 spiro atoms. The van der Waals surface area contributed by atoms with Crippen molar-refractivity contribution in [1.29, 1.82) is 0 Å². The van der Waals surface area contributed by atoms with Gasteiger partial charge in [0.2, 0.25) is 5.91 Å². The largest absolute Gasteiger partial charge is 0.497 e. The number of carbonyl (C=O) groups is 1. The van der Waals surface area contributed by atoms with E-state index in [1.165, 1.54) is 56.7 Å². The van der Waals surface area contributed by atoms with E-state index in [-0.39, 0.29) is 22.0 Å². The number of ether oxygens (including phenoxy) is 2. The summed E-state index contributed by atoms with van der Waals surface area (Å²) in [4.78, 5) is 12.7. The van der Waals surface area contributed by atoms with Crippen LogP contribution < -0.4 is 19.1 Å². The predicted octanol–water partition coefficient (Wildman–Crippen LogP) is 3.68. The molecule has 3 aromatic carbocycles. The molecule has 9 heteroatoms. The van der Waals surface area contributed by atoms with E-state index in [2.05, 4.69) is 5.32 Å². The van der Waals surface area contributed by atoms with Crippen LogP contribution in [0.25, 0.3) is 0 Å². The van der Waals surface area contributed by atoms with Gasteiger partial charge in [-0.05, 0) is 36.4 Å². The molecule has 0 heterocycles. The van der Waals surface area contributed by atoms with Gasteiger partial charge in [-0.25, -0.2) is 12.8 Å². The zero-order valence-corrected chi connectivity index (χ0v) is 17.7. The Morgan fingerprint density at radius 1 is 0.968 bits per heavy atom. The number of halogens is 1. The number of nitrogens with one attached hydrogen (secondary N) is 1. The lowest BCUT2D eigenvalue weighted by Crippen LogP contribution is -2.38. The van der Waals surface area contributed by atoms with Gasteiger partial charge in [0.05, 0.1) is 30.5 Å². The second kappa shape index (κ2) is 9.48. The molecule has 0 aliphatic rings. The fourth-order valence-corrected chi connectivity index (χ4v) is 4.35. The Morgan fingerprint density at radius 3 is 2.29 bits per heavy atom. The highest BCUT2D eigenvalue weighted by Gasteiger charge is 2.29. The van der Waals surface area contributed by atoms with Gasteiger partial charge in [0.25, 0.3) is 10.0 Å². The topological polar surface area (TPSA) is 84.9 Å². The SMILES string of the molecule is COc1ccc(N(CC(=O)Nc2ccccc2F)S(=O)(=O)c2ccccc2)c(OC)c1. The van der Waals surface area contributed by atoms with E-state index in [0.717, 1.165) is 4.31 Å². The van der Waals surface area contributed by atoms with Crippen molar-refractivity contribution in [3.63, 3.8) is 0 Å². The molecule has 0 radical (unpaired) electrons. The van der Waals surface area contributed by atoms with Crippen LogP contribution in [0.2, 0.25) is 0 Å². The zero-order chi connectivity index (χ0) is 22.4. The predicted molar refractivity (Wildman–Crippen MR) is 116 cm³/mol. The molecule has 0 saturated carbocycles. The first-order valence-electron chi connectivity index (χ1n) is 9.21. The average Bonchev–Trinajstić information content (AvgIpc) is 2.79. The number of para-hydroxylation sites is 1. The molecule has 162 valence electrons. The number of nitrogens with zero attached hydrogens (tertiary/aromatic N) is 1. The van der Waals surface area contributed by atoms with Crippen molar-refractivity contribution in [2.45, 2.75) is 4.90 Å². The lowest BCUT2D eigenvalue weighted by atomic mass is 10.2.